The average molecular weight is 458 g/mol. The average Bonchev–Trinajstić information content (AvgIpc) is 3.31. The smallest absolute Gasteiger partial charge is 0.159 e. The van der Waals surface area contributed by atoms with Gasteiger partial charge in [-0.25, -0.2) is 15.0 Å². The normalized spacial score (nSPS) is 18.8. The number of nitrogens with zero attached hydrogens (tertiary/aromatic N) is 6. The Labute approximate surface area is 200 Å². The van der Waals surface area contributed by atoms with Crippen molar-refractivity contribution in [3.05, 3.63) is 72.5 Å². The molecule has 3 heterocycles. The van der Waals surface area contributed by atoms with Crippen molar-refractivity contribution in [2.75, 3.05) is 5.01 Å². The van der Waals surface area contributed by atoms with Crippen LogP contribution in [0.15, 0.2) is 66.4 Å². The Balaban J connectivity index is 1.25. The van der Waals surface area contributed by atoms with Crippen LogP contribution in [0.2, 0.25) is 0 Å². The molecular formula is C26H31N7O. The van der Waals surface area contributed by atoms with Crippen molar-refractivity contribution in [2.24, 2.45) is 12.1 Å². The summed E-state index contributed by atoms with van der Waals surface area (Å²) in [5, 5.41) is 24.7. The number of aromatic nitrogens is 4. The number of anilines is 1. The molecule has 0 radical (unpaired) electrons. The first kappa shape index (κ1) is 22.4. The lowest BCUT2D eigenvalue weighted by atomic mass is 9.95. The number of nitrogens with one attached hydrogen (secondary N) is 1. The van der Waals surface area contributed by atoms with E-state index in [9.17, 15) is 5.11 Å². The van der Waals surface area contributed by atoms with Crippen LogP contribution < -0.4 is 10.3 Å². The highest BCUT2D eigenvalue weighted by Gasteiger charge is 2.19. The fourth-order valence-corrected chi connectivity index (χ4v) is 4.51. The van der Waals surface area contributed by atoms with E-state index >= 15 is 0 Å². The maximum absolute atomic E-state index is 10.5. The topological polar surface area (TPSA) is 91.5 Å². The van der Waals surface area contributed by atoms with Crippen LogP contribution in [0.3, 0.4) is 0 Å². The number of hydrogen-bond acceptors (Lipinski definition) is 7. The first-order valence-corrected chi connectivity index (χ1v) is 12.0. The molecule has 0 amide bonds. The zero-order chi connectivity index (χ0) is 23.3. The Morgan fingerprint density at radius 2 is 1.88 bits per heavy atom. The lowest BCUT2D eigenvalue weighted by Crippen LogP contribution is -2.30. The Bertz CT molecular complexity index is 1160. The molecule has 1 atom stereocenters. The molecule has 8 heteroatoms. The molecule has 1 fully saturated rings. The van der Waals surface area contributed by atoms with E-state index in [4.69, 9.17) is 0 Å². The van der Waals surface area contributed by atoms with Gasteiger partial charge in [-0.2, -0.15) is 10.2 Å². The zero-order valence-electron chi connectivity index (χ0n) is 19.5. The molecule has 3 aromatic rings. The van der Waals surface area contributed by atoms with Gasteiger partial charge in [-0.05, 0) is 30.5 Å². The standard InChI is InChI=1S/C26H31N7O/c1-32-18-23(17-30-32)33-11-10-25(34)24(31-33)13-19-6-5-7-21(12-19)26-28-15-20(16-29-26)14-27-22-8-3-2-4-9-22/h5-7,10-12,15-18,22,25,27,34H,2-4,8-9,13-14H2,1H3. The van der Waals surface area contributed by atoms with Crippen molar-refractivity contribution < 1.29 is 5.11 Å². The minimum atomic E-state index is -0.719. The second kappa shape index (κ2) is 10.3. The summed E-state index contributed by atoms with van der Waals surface area (Å²) < 4.78 is 1.73. The third kappa shape index (κ3) is 5.40. The summed E-state index contributed by atoms with van der Waals surface area (Å²) in [5.74, 6) is 0.700. The summed E-state index contributed by atoms with van der Waals surface area (Å²) in [6.07, 6.45) is 17.3. The quantitative estimate of drug-likeness (QED) is 0.563. The minimum Gasteiger partial charge on any atom is -0.383 e. The van der Waals surface area contributed by atoms with E-state index in [0.717, 1.165) is 28.9 Å². The second-order valence-corrected chi connectivity index (χ2v) is 9.10. The number of rotatable bonds is 7. The van der Waals surface area contributed by atoms with Gasteiger partial charge in [-0.15, -0.1) is 0 Å². The summed E-state index contributed by atoms with van der Waals surface area (Å²) in [6, 6.07) is 8.73. The molecule has 0 spiro atoms. The fourth-order valence-electron chi connectivity index (χ4n) is 4.51. The van der Waals surface area contributed by atoms with Crippen LogP contribution in [0.25, 0.3) is 11.4 Å². The third-order valence-corrected chi connectivity index (χ3v) is 6.42. The predicted molar refractivity (Wildman–Crippen MR) is 133 cm³/mol. The van der Waals surface area contributed by atoms with Gasteiger partial charge in [-0.3, -0.25) is 4.68 Å². The summed E-state index contributed by atoms with van der Waals surface area (Å²) in [4.78, 5) is 9.22. The Kier molecular flexibility index (Phi) is 6.78. The highest BCUT2D eigenvalue weighted by Crippen LogP contribution is 2.21. The van der Waals surface area contributed by atoms with Crippen molar-refractivity contribution in [1.82, 2.24) is 25.1 Å². The molecule has 2 aliphatic rings. The largest absolute Gasteiger partial charge is 0.383 e. The van der Waals surface area contributed by atoms with Crippen molar-refractivity contribution in [3.8, 4) is 11.4 Å². The molecule has 34 heavy (non-hydrogen) atoms. The van der Waals surface area contributed by atoms with Gasteiger partial charge in [0.05, 0.1) is 18.1 Å². The van der Waals surface area contributed by atoms with Crippen LogP contribution in [0, 0.1) is 0 Å². The number of aryl methyl sites for hydroxylation is 1. The van der Waals surface area contributed by atoms with E-state index in [1.54, 1.807) is 28.2 Å². The molecule has 1 aliphatic carbocycles. The molecule has 2 aromatic heterocycles. The maximum atomic E-state index is 10.5. The van der Waals surface area contributed by atoms with E-state index in [1.165, 1.54) is 32.1 Å². The highest BCUT2D eigenvalue weighted by molar-refractivity contribution is 5.93. The number of hydrazone groups is 1. The fraction of sp³-hybridized carbons (Fsp3) is 0.385. The minimum absolute atomic E-state index is 0.527. The van der Waals surface area contributed by atoms with Gasteiger partial charge in [0.1, 0.15) is 11.8 Å². The molecule has 2 N–H and O–H groups in total. The van der Waals surface area contributed by atoms with Gasteiger partial charge in [0.25, 0.3) is 0 Å². The van der Waals surface area contributed by atoms with Gasteiger partial charge in [0.15, 0.2) is 5.82 Å². The number of aliphatic hydroxyl groups is 1. The summed E-state index contributed by atoms with van der Waals surface area (Å²) >= 11 is 0. The summed E-state index contributed by atoms with van der Waals surface area (Å²) in [5.41, 5.74) is 4.63. The molecule has 176 valence electrons. The predicted octanol–water partition coefficient (Wildman–Crippen LogP) is 3.59. The number of aliphatic hydroxyl groups excluding tert-OH is 1. The van der Waals surface area contributed by atoms with Crippen molar-refractivity contribution in [1.29, 1.82) is 0 Å². The molecule has 1 unspecified atom stereocenters. The van der Waals surface area contributed by atoms with Crippen LogP contribution in [0.1, 0.15) is 43.2 Å². The first-order chi connectivity index (χ1) is 16.6. The monoisotopic (exact) mass is 457 g/mol. The maximum Gasteiger partial charge on any atom is 0.159 e. The zero-order valence-corrected chi connectivity index (χ0v) is 19.5. The first-order valence-electron chi connectivity index (χ1n) is 12.0. The number of benzene rings is 1. The second-order valence-electron chi connectivity index (χ2n) is 9.10. The van der Waals surface area contributed by atoms with E-state index in [1.807, 2.05) is 43.8 Å². The van der Waals surface area contributed by atoms with Gasteiger partial charge in [0, 0.05) is 55.8 Å². The third-order valence-electron chi connectivity index (χ3n) is 6.42. The van der Waals surface area contributed by atoms with E-state index in [-0.39, 0.29) is 0 Å². The van der Waals surface area contributed by atoms with Gasteiger partial charge in [0.2, 0.25) is 0 Å². The molecule has 8 nitrogen and oxygen atoms in total. The Morgan fingerprint density at radius 1 is 1.06 bits per heavy atom. The molecule has 1 aliphatic heterocycles. The lowest BCUT2D eigenvalue weighted by molar-refractivity contribution is 0.284. The van der Waals surface area contributed by atoms with Crippen LogP contribution in [0.4, 0.5) is 5.69 Å². The SMILES string of the molecule is Cn1cc(N2C=CC(O)C(Cc3cccc(-c4ncc(CNC5CCCCC5)cn4)c3)=N2)cn1. The summed E-state index contributed by atoms with van der Waals surface area (Å²) in [7, 11) is 1.87. The molecule has 5 rings (SSSR count). The van der Waals surface area contributed by atoms with Crippen molar-refractivity contribution in [2.45, 2.75) is 57.2 Å². The lowest BCUT2D eigenvalue weighted by Gasteiger charge is -2.22. The van der Waals surface area contributed by atoms with Crippen LogP contribution >= 0.6 is 0 Å². The Morgan fingerprint density at radius 3 is 2.65 bits per heavy atom. The van der Waals surface area contributed by atoms with Crippen LogP contribution in [-0.2, 0) is 20.0 Å². The molecule has 0 bridgehead atoms. The van der Waals surface area contributed by atoms with Gasteiger partial charge < -0.3 is 10.4 Å². The van der Waals surface area contributed by atoms with Gasteiger partial charge in [-0.1, -0.05) is 37.5 Å². The molecule has 1 aromatic carbocycles. The molecule has 1 saturated carbocycles. The van der Waals surface area contributed by atoms with E-state index in [0.29, 0.717) is 24.0 Å². The van der Waals surface area contributed by atoms with Crippen molar-refractivity contribution >= 4 is 11.4 Å². The Hall–Kier alpha value is -3.36. The molecular weight excluding hydrogens is 426 g/mol. The summed E-state index contributed by atoms with van der Waals surface area (Å²) in [6.45, 7) is 0.809. The van der Waals surface area contributed by atoms with Crippen LogP contribution in [0.5, 0.6) is 0 Å². The van der Waals surface area contributed by atoms with Crippen LogP contribution in [-0.4, -0.2) is 42.7 Å². The molecule has 0 saturated heterocycles. The highest BCUT2D eigenvalue weighted by atomic mass is 16.3. The van der Waals surface area contributed by atoms with Gasteiger partial charge >= 0.3 is 0 Å². The van der Waals surface area contributed by atoms with Crippen molar-refractivity contribution in [3.63, 3.8) is 0 Å². The van der Waals surface area contributed by atoms with E-state index < -0.39 is 6.10 Å². The van der Waals surface area contributed by atoms with E-state index in [2.05, 4.69) is 31.6 Å². The number of hydrogen-bond donors (Lipinski definition) is 2.